The molecule has 0 bridgehead atoms. The number of rotatable bonds is 3. The maximum Gasteiger partial charge on any atom is -1.00 e. The van der Waals surface area contributed by atoms with Gasteiger partial charge in [-0.15, -0.1) is 0 Å². The van der Waals surface area contributed by atoms with Crippen LogP contribution in [-0.2, 0) is 25.9 Å². The van der Waals surface area contributed by atoms with Crippen molar-refractivity contribution < 1.29 is 57.7 Å². The van der Waals surface area contributed by atoms with Crippen LogP contribution in [-0.4, -0.2) is 0 Å². The second kappa shape index (κ2) is 10.3. The van der Waals surface area contributed by atoms with E-state index in [0.717, 1.165) is 6.42 Å². The number of benzene rings is 2. The molecule has 1 aliphatic carbocycles. The first-order valence-corrected chi connectivity index (χ1v) is 9.40. The average Bonchev–Trinajstić information content (AvgIpc) is 2.98. The molecule has 0 radical (unpaired) electrons. The van der Waals surface area contributed by atoms with Gasteiger partial charge in [-0.1, -0.05) is 0 Å². The summed E-state index contributed by atoms with van der Waals surface area (Å²) >= 11 is 2.31. The molecule has 0 spiro atoms. The summed E-state index contributed by atoms with van der Waals surface area (Å²) in [5.41, 5.74) is 5.87. The van der Waals surface area contributed by atoms with Gasteiger partial charge < -0.3 is 37.2 Å². The topological polar surface area (TPSA) is 0 Å². The summed E-state index contributed by atoms with van der Waals surface area (Å²) in [7, 11) is 0. The van der Waals surface area contributed by atoms with Gasteiger partial charge in [0.15, 0.2) is 0 Å². The first kappa shape index (κ1) is 26.5. The standard InChI is InChI=1S/C23H25.3ClH.Ti/c1-22(2,3)20-15-16-21(17-20)23(4,18-11-7-5-8-12-18)19-13-9-6-10-14-19;;;;/h5-15H,16H2,1-4H3;3*1H;/q;;;;+3/p-3. The second-order valence-electron chi connectivity index (χ2n) is 7.78. The maximum absolute atomic E-state index is 2.44. The van der Waals surface area contributed by atoms with Gasteiger partial charge in [0.05, 0.1) is 0 Å². The molecule has 0 aliphatic heterocycles. The Balaban J connectivity index is 0.00000225. The summed E-state index contributed by atoms with van der Waals surface area (Å²) in [6.45, 7) is 9.32. The van der Waals surface area contributed by atoms with Gasteiger partial charge in [0.25, 0.3) is 0 Å². The fourth-order valence-electron chi connectivity index (χ4n) is 3.76. The van der Waals surface area contributed by atoms with Gasteiger partial charge in [-0.2, -0.15) is 0 Å². The van der Waals surface area contributed by atoms with Crippen LogP contribution in [0.25, 0.3) is 0 Å². The van der Waals surface area contributed by atoms with Crippen LogP contribution in [0.2, 0.25) is 0 Å². The van der Waals surface area contributed by atoms with E-state index in [1.165, 1.54) is 26.2 Å². The molecule has 0 saturated carbocycles. The van der Waals surface area contributed by atoms with Crippen molar-refractivity contribution in [2.45, 2.75) is 39.5 Å². The molecule has 0 N–H and O–H groups in total. The molecule has 0 unspecified atom stereocenters. The molecule has 0 nitrogen and oxygen atoms in total. The fraction of sp³-hybridized carbons (Fsp3) is 0.304. The van der Waals surface area contributed by atoms with Crippen LogP contribution in [0.5, 0.6) is 0 Å². The Morgan fingerprint density at radius 2 is 1.11 bits per heavy atom. The van der Waals surface area contributed by atoms with Crippen molar-refractivity contribution in [3.8, 4) is 0 Å². The van der Waals surface area contributed by atoms with Crippen LogP contribution in [0, 0.1) is 5.41 Å². The molecule has 2 aromatic rings. The second-order valence-corrected chi connectivity index (χ2v) is 8.56. The zero-order valence-electron chi connectivity index (χ0n) is 16.2. The summed E-state index contributed by atoms with van der Waals surface area (Å²) in [6, 6.07) is 21.9. The Morgan fingerprint density at radius 3 is 1.44 bits per heavy atom. The van der Waals surface area contributed by atoms with E-state index in [-0.39, 0.29) is 48.1 Å². The van der Waals surface area contributed by atoms with Gasteiger partial charge in [0.1, 0.15) is 0 Å². The fourth-order valence-corrected chi connectivity index (χ4v) is 5.06. The van der Waals surface area contributed by atoms with E-state index >= 15 is 0 Å². The number of hydrogen-bond donors (Lipinski definition) is 0. The van der Waals surface area contributed by atoms with Crippen LogP contribution < -0.4 is 37.2 Å². The summed E-state index contributed by atoms with van der Waals surface area (Å²) in [5, 5.41) is 0. The molecule has 0 aromatic heterocycles. The third-order valence-electron chi connectivity index (χ3n) is 5.20. The zero-order chi connectivity index (χ0) is 17.4. The Hall–Kier alpha value is -0.496. The SMILES string of the molecule is CC(C)(C)C1=CCC(C(C)(c2ccccc2)c2ccccc2)=[C]1[Ti+3].[Cl-].[Cl-].[Cl-]. The van der Waals surface area contributed by atoms with Gasteiger partial charge in [-0.25, -0.2) is 0 Å². The van der Waals surface area contributed by atoms with Crippen molar-refractivity contribution in [1.29, 1.82) is 0 Å². The van der Waals surface area contributed by atoms with Crippen molar-refractivity contribution in [2.75, 3.05) is 0 Å². The van der Waals surface area contributed by atoms with Crippen molar-refractivity contribution in [2.24, 2.45) is 5.41 Å². The van der Waals surface area contributed by atoms with Crippen molar-refractivity contribution in [1.82, 2.24) is 0 Å². The molecule has 142 valence electrons. The molecule has 0 atom stereocenters. The number of hydrogen-bond acceptors (Lipinski definition) is 0. The zero-order valence-corrected chi connectivity index (χ0v) is 20.0. The molecule has 0 saturated heterocycles. The number of halogens is 3. The molecular weight excluding hydrogens is 430 g/mol. The molecule has 1 aliphatic rings. The van der Waals surface area contributed by atoms with E-state index in [9.17, 15) is 0 Å². The molecule has 0 fully saturated rings. The Labute approximate surface area is 194 Å². The third kappa shape index (κ3) is 5.11. The van der Waals surface area contributed by atoms with Crippen LogP contribution >= 0.6 is 0 Å². The summed E-state index contributed by atoms with van der Waals surface area (Å²) < 4.78 is 1.47. The van der Waals surface area contributed by atoms with Crippen LogP contribution in [0.3, 0.4) is 0 Å². The van der Waals surface area contributed by atoms with Crippen LogP contribution in [0.4, 0.5) is 0 Å². The van der Waals surface area contributed by atoms with E-state index < -0.39 is 0 Å². The maximum atomic E-state index is 2.44. The number of allylic oxidation sites excluding steroid dienone is 4. The van der Waals surface area contributed by atoms with Gasteiger partial charge in [-0.3, -0.25) is 0 Å². The van der Waals surface area contributed by atoms with Crippen molar-refractivity contribution >= 4 is 0 Å². The predicted molar refractivity (Wildman–Crippen MR) is 98.5 cm³/mol. The quantitative estimate of drug-likeness (QED) is 0.438. The first-order chi connectivity index (χ1) is 11.3. The van der Waals surface area contributed by atoms with Gasteiger partial charge in [0.2, 0.25) is 0 Å². The Bertz CT molecular complexity index is 748. The van der Waals surface area contributed by atoms with E-state index in [2.05, 4.69) is 115 Å². The van der Waals surface area contributed by atoms with Crippen molar-refractivity contribution in [3.63, 3.8) is 0 Å². The van der Waals surface area contributed by atoms with Crippen LogP contribution in [0.1, 0.15) is 45.2 Å². The third-order valence-corrected chi connectivity index (χ3v) is 6.09. The molecule has 3 rings (SSSR count). The molecule has 4 heteroatoms. The first-order valence-electron chi connectivity index (χ1n) is 8.62. The molecule has 27 heavy (non-hydrogen) atoms. The van der Waals surface area contributed by atoms with E-state index in [0.29, 0.717) is 0 Å². The van der Waals surface area contributed by atoms with Crippen LogP contribution in [0.15, 0.2) is 81.8 Å². The molecular formula is C23H25Cl3Ti. The molecule has 2 aromatic carbocycles. The largest absolute Gasteiger partial charge is 1.00 e. The van der Waals surface area contributed by atoms with Gasteiger partial charge in [0, 0.05) is 0 Å². The average molecular weight is 456 g/mol. The molecule has 0 heterocycles. The summed E-state index contributed by atoms with van der Waals surface area (Å²) in [5.74, 6) is 0. The van der Waals surface area contributed by atoms with Gasteiger partial charge in [-0.05, 0) is 0 Å². The van der Waals surface area contributed by atoms with E-state index in [1.54, 1.807) is 0 Å². The minimum Gasteiger partial charge on any atom is -1.00 e. The predicted octanol–water partition coefficient (Wildman–Crippen LogP) is -2.82. The normalized spacial score (nSPS) is 13.9. The van der Waals surface area contributed by atoms with Gasteiger partial charge >= 0.3 is 158 Å². The monoisotopic (exact) mass is 454 g/mol. The Morgan fingerprint density at radius 1 is 0.704 bits per heavy atom. The minimum atomic E-state index is -0.0872. The van der Waals surface area contributed by atoms with E-state index in [4.69, 9.17) is 0 Å². The summed E-state index contributed by atoms with van der Waals surface area (Å²) in [6.07, 6.45) is 3.48. The summed E-state index contributed by atoms with van der Waals surface area (Å²) in [4.78, 5) is 0. The Kier molecular flexibility index (Phi) is 10.1. The van der Waals surface area contributed by atoms with Crippen molar-refractivity contribution in [3.05, 3.63) is 92.9 Å². The molecule has 0 amide bonds. The van der Waals surface area contributed by atoms with E-state index in [1.807, 2.05) is 0 Å². The smallest absolute Gasteiger partial charge is 1.00 e. The minimum absolute atomic E-state index is 0.